The number of benzene rings is 2. The molecule has 0 aromatic heterocycles. The van der Waals surface area contributed by atoms with Gasteiger partial charge >= 0.3 is 0 Å². The van der Waals surface area contributed by atoms with Crippen LogP contribution in [0.2, 0.25) is 0 Å². The van der Waals surface area contributed by atoms with Crippen LogP contribution in [0.5, 0.6) is 0 Å². The number of amides is 1. The molecule has 0 fully saturated rings. The predicted octanol–water partition coefficient (Wildman–Crippen LogP) is 1.58. The quantitative estimate of drug-likeness (QED) is 0.572. The van der Waals surface area contributed by atoms with Crippen molar-refractivity contribution in [2.45, 2.75) is 13.0 Å². The van der Waals surface area contributed by atoms with Gasteiger partial charge in [0.05, 0.1) is 25.6 Å². The minimum atomic E-state index is -0.445. The number of nitrogens with one attached hydrogen (secondary N) is 2. The Morgan fingerprint density at radius 3 is 2.30 bits per heavy atom. The molecule has 7 nitrogen and oxygen atoms in total. The van der Waals surface area contributed by atoms with E-state index in [0.717, 1.165) is 11.3 Å². The lowest BCUT2D eigenvalue weighted by Crippen LogP contribution is -3.07. The molecule has 2 rings (SSSR count). The smallest absolute Gasteiger partial charge is 0.272 e. The lowest BCUT2D eigenvalue weighted by atomic mass is 10.0. The van der Waals surface area contributed by atoms with Crippen LogP contribution in [0.25, 0.3) is 0 Å². The van der Waals surface area contributed by atoms with Crippen molar-refractivity contribution in [2.75, 3.05) is 39.6 Å². The van der Waals surface area contributed by atoms with Gasteiger partial charge in [0.25, 0.3) is 11.6 Å². The van der Waals surface area contributed by atoms with Gasteiger partial charge in [-0.3, -0.25) is 14.9 Å². The highest BCUT2D eigenvalue weighted by molar-refractivity contribution is 5.94. The molecule has 0 bridgehead atoms. The molecule has 0 saturated carbocycles. The monoisotopic (exact) mass is 371 g/mol. The van der Waals surface area contributed by atoms with E-state index in [-0.39, 0.29) is 17.6 Å². The van der Waals surface area contributed by atoms with E-state index in [2.05, 4.69) is 29.6 Å². The molecule has 2 aromatic carbocycles. The highest BCUT2D eigenvalue weighted by Crippen LogP contribution is 2.19. The van der Waals surface area contributed by atoms with Gasteiger partial charge in [0.2, 0.25) is 0 Å². The molecule has 0 aliphatic carbocycles. The molecule has 0 heterocycles. The molecule has 2 N–H and O–H groups in total. The number of nitrogens with zero attached hydrogens (tertiary/aromatic N) is 2. The lowest BCUT2D eigenvalue weighted by Gasteiger charge is -2.23. The largest absolute Gasteiger partial charge is 0.378 e. The fourth-order valence-electron chi connectivity index (χ4n) is 2.96. The molecular weight excluding hydrogens is 344 g/mol. The molecule has 0 spiro atoms. The highest BCUT2D eigenvalue weighted by Gasteiger charge is 2.20. The average Bonchev–Trinajstić information content (AvgIpc) is 2.61. The molecule has 0 aliphatic heterocycles. The van der Waals surface area contributed by atoms with Crippen LogP contribution < -0.4 is 15.1 Å². The first-order chi connectivity index (χ1) is 12.7. The van der Waals surface area contributed by atoms with Crippen LogP contribution in [-0.2, 0) is 0 Å². The van der Waals surface area contributed by atoms with E-state index < -0.39 is 4.92 Å². The molecule has 1 amide bonds. The third kappa shape index (κ3) is 5.04. The molecule has 7 heteroatoms. The van der Waals surface area contributed by atoms with Crippen LogP contribution in [0, 0.1) is 17.0 Å². The number of quaternary nitrogens is 1. The SMILES string of the molecule is Cc1cc(C(=O)NC[C@H](c2ccc(N(C)C)cc2)[NH+](C)C)ccc1[N+](=O)[O-]. The highest BCUT2D eigenvalue weighted by atomic mass is 16.6. The standard InChI is InChI=1S/C20H26N4O3/c1-14-12-16(8-11-18(14)24(26)27)20(25)21-13-19(23(4)5)15-6-9-17(10-7-15)22(2)3/h6-12,19H,13H2,1-5H3,(H,21,25)/p+1/t19-/m1/s1. The van der Waals surface area contributed by atoms with Crippen LogP contribution in [0.4, 0.5) is 11.4 Å². The summed E-state index contributed by atoms with van der Waals surface area (Å²) in [5.41, 5.74) is 3.18. The van der Waals surface area contributed by atoms with Crippen molar-refractivity contribution in [3.05, 3.63) is 69.3 Å². The van der Waals surface area contributed by atoms with Gasteiger partial charge in [-0.2, -0.15) is 0 Å². The van der Waals surface area contributed by atoms with Crippen molar-refractivity contribution in [3.63, 3.8) is 0 Å². The molecule has 0 saturated heterocycles. The van der Waals surface area contributed by atoms with E-state index >= 15 is 0 Å². The van der Waals surface area contributed by atoms with E-state index in [4.69, 9.17) is 0 Å². The van der Waals surface area contributed by atoms with E-state index in [9.17, 15) is 14.9 Å². The summed E-state index contributed by atoms with van der Waals surface area (Å²) < 4.78 is 0. The number of nitro benzene ring substituents is 1. The van der Waals surface area contributed by atoms with Gasteiger partial charge in [-0.05, 0) is 31.2 Å². The van der Waals surface area contributed by atoms with E-state index in [1.54, 1.807) is 13.0 Å². The van der Waals surface area contributed by atoms with E-state index in [0.29, 0.717) is 17.7 Å². The van der Waals surface area contributed by atoms with Crippen LogP contribution in [0.15, 0.2) is 42.5 Å². The van der Waals surface area contributed by atoms with Crippen LogP contribution in [0.1, 0.15) is 27.5 Å². The zero-order valence-corrected chi connectivity index (χ0v) is 16.4. The molecular formula is C20H27N4O3+. The lowest BCUT2D eigenvalue weighted by molar-refractivity contribution is -0.890. The number of anilines is 1. The van der Waals surface area contributed by atoms with Crippen LogP contribution in [0.3, 0.4) is 0 Å². The Labute approximate surface area is 159 Å². The molecule has 0 unspecified atom stereocenters. The van der Waals surface area contributed by atoms with Gasteiger partial charge in [-0.15, -0.1) is 0 Å². The summed E-state index contributed by atoms with van der Waals surface area (Å²) in [7, 11) is 8.09. The Morgan fingerprint density at radius 1 is 1.19 bits per heavy atom. The Kier molecular flexibility index (Phi) is 6.52. The summed E-state index contributed by atoms with van der Waals surface area (Å²) >= 11 is 0. The van der Waals surface area contributed by atoms with Gasteiger partial charge in [0.15, 0.2) is 0 Å². The Bertz CT molecular complexity index is 816. The second-order valence-corrected chi connectivity index (χ2v) is 7.08. The number of aryl methyl sites for hydroxylation is 1. The Hall–Kier alpha value is -2.93. The molecule has 2 aromatic rings. The van der Waals surface area contributed by atoms with Gasteiger partial charge in [0.1, 0.15) is 6.04 Å². The summed E-state index contributed by atoms with van der Waals surface area (Å²) in [6, 6.07) is 12.8. The van der Waals surface area contributed by atoms with Crippen molar-refractivity contribution in [2.24, 2.45) is 0 Å². The summed E-state index contributed by atoms with van der Waals surface area (Å²) in [6.45, 7) is 2.10. The number of hydrogen-bond acceptors (Lipinski definition) is 4. The first kappa shape index (κ1) is 20.4. The van der Waals surface area contributed by atoms with Gasteiger partial charge < -0.3 is 15.1 Å². The summed E-state index contributed by atoms with van der Waals surface area (Å²) in [5, 5.41) is 13.9. The molecule has 0 aliphatic rings. The van der Waals surface area contributed by atoms with Crippen molar-refractivity contribution < 1.29 is 14.6 Å². The van der Waals surface area contributed by atoms with Crippen molar-refractivity contribution >= 4 is 17.3 Å². The number of hydrogen-bond donors (Lipinski definition) is 2. The Balaban J connectivity index is 2.10. The number of rotatable bonds is 7. The van der Waals surface area contributed by atoms with Crippen molar-refractivity contribution in [1.82, 2.24) is 5.32 Å². The fraction of sp³-hybridized carbons (Fsp3) is 0.350. The number of carbonyl (C=O) groups excluding carboxylic acids is 1. The second kappa shape index (κ2) is 8.64. The average molecular weight is 371 g/mol. The summed E-state index contributed by atoms with van der Waals surface area (Å²) in [4.78, 5) is 26.2. The maximum atomic E-state index is 12.5. The minimum absolute atomic E-state index is 0.0168. The predicted molar refractivity (Wildman–Crippen MR) is 106 cm³/mol. The molecule has 27 heavy (non-hydrogen) atoms. The van der Waals surface area contributed by atoms with Crippen LogP contribution >= 0.6 is 0 Å². The maximum absolute atomic E-state index is 12.5. The number of nitro groups is 1. The summed E-state index contributed by atoms with van der Waals surface area (Å²) in [5.74, 6) is -0.232. The maximum Gasteiger partial charge on any atom is 0.272 e. The van der Waals surface area contributed by atoms with Crippen LogP contribution in [-0.4, -0.2) is 45.6 Å². The summed E-state index contributed by atoms with van der Waals surface area (Å²) in [6.07, 6.45) is 0. The van der Waals surface area contributed by atoms with E-state index in [1.165, 1.54) is 17.0 Å². The third-order valence-electron chi connectivity index (χ3n) is 4.63. The topological polar surface area (TPSA) is 79.9 Å². The van der Waals surface area contributed by atoms with Crippen molar-refractivity contribution in [3.8, 4) is 0 Å². The minimum Gasteiger partial charge on any atom is -0.378 e. The van der Waals surface area contributed by atoms with Gasteiger partial charge in [-0.1, -0.05) is 12.1 Å². The molecule has 144 valence electrons. The number of carbonyl (C=O) groups is 1. The third-order valence-corrected chi connectivity index (χ3v) is 4.63. The second-order valence-electron chi connectivity index (χ2n) is 7.08. The molecule has 0 radical (unpaired) electrons. The zero-order chi connectivity index (χ0) is 20.1. The molecule has 1 atom stereocenters. The number of likely N-dealkylation sites (N-methyl/N-ethyl adjacent to an activating group) is 1. The van der Waals surface area contributed by atoms with Gasteiger partial charge in [-0.25, -0.2) is 0 Å². The fourth-order valence-corrected chi connectivity index (χ4v) is 2.96. The first-order valence-corrected chi connectivity index (χ1v) is 8.81. The Morgan fingerprint density at radius 2 is 1.81 bits per heavy atom. The normalized spacial score (nSPS) is 11.9. The van der Waals surface area contributed by atoms with Crippen molar-refractivity contribution in [1.29, 1.82) is 0 Å². The first-order valence-electron chi connectivity index (χ1n) is 8.81. The van der Waals surface area contributed by atoms with E-state index in [1.807, 2.05) is 33.1 Å². The zero-order valence-electron chi connectivity index (χ0n) is 16.4. The van der Waals surface area contributed by atoms with Gasteiger partial charge in [0, 0.05) is 42.5 Å².